The fraction of sp³-hybridized carbons (Fsp3) is 0.857. The Morgan fingerprint density at radius 3 is 2.56 bits per heavy atom. The van der Waals surface area contributed by atoms with Gasteiger partial charge in [-0.05, 0) is 18.3 Å². The molecule has 0 aliphatic heterocycles. The highest BCUT2D eigenvalue weighted by Gasteiger charge is 2.26. The predicted molar refractivity (Wildman–Crippen MR) is 73.6 cm³/mol. The fourth-order valence-electron chi connectivity index (χ4n) is 2.13. The smallest absolute Gasteiger partial charge is 0.150 e. The van der Waals surface area contributed by atoms with Gasteiger partial charge in [0.1, 0.15) is 5.82 Å². The predicted octanol–water partition coefficient (Wildman–Crippen LogP) is 2.18. The van der Waals surface area contributed by atoms with Crippen LogP contribution in [-0.2, 0) is 19.4 Å². The molecular formula is C14H26N4. The molecule has 0 bridgehead atoms. The minimum absolute atomic E-state index is 0.227. The minimum Gasteiger partial charge on any atom is -0.313 e. The summed E-state index contributed by atoms with van der Waals surface area (Å²) in [6.07, 6.45) is 4.57. The number of nitrogens with one attached hydrogen (secondary N) is 1. The van der Waals surface area contributed by atoms with Gasteiger partial charge in [-0.25, -0.2) is 9.67 Å². The second kappa shape index (κ2) is 5.39. The van der Waals surface area contributed by atoms with E-state index in [1.165, 1.54) is 12.8 Å². The molecule has 1 saturated carbocycles. The van der Waals surface area contributed by atoms with E-state index in [0.717, 1.165) is 43.6 Å². The van der Waals surface area contributed by atoms with E-state index in [-0.39, 0.29) is 5.41 Å². The summed E-state index contributed by atoms with van der Waals surface area (Å²) in [4.78, 5) is 4.57. The van der Waals surface area contributed by atoms with Gasteiger partial charge >= 0.3 is 0 Å². The maximum Gasteiger partial charge on any atom is 0.150 e. The van der Waals surface area contributed by atoms with Gasteiger partial charge < -0.3 is 5.32 Å². The number of aryl methyl sites for hydroxylation is 2. The van der Waals surface area contributed by atoms with E-state index in [1.807, 2.05) is 0 Å². The average Bonchev–Trinajstić information content (AvgIpc) is 3.08. The Kier molecular flexibility index (Phi) is 4.05. The van der Waals surface area contributed by atoms with Crippen LogP contribution in [0.15, 0.2) is 0 Å². The first kappa shape index (κ1) is 13.5. The Hall–Kier alpha value is -0.900. The third-order valence-electron chi connectivity index (χ3n) is 3.45. The highest BCUT2D eigenvalue weighted by Crippen LogP contribution is 2.23. The Labute approximate surface area is 110 Å². The second-order valence-electron chi connectivity index (χ2n) is 6.13. The quantitative estimate of drug-likeness (QED) is 0.806. The van der Waals surface area contributed by atoms with E-state index in [4.69, 9.17) is 0 Å². The molecule has 0 amide bonds. The first-order valence-corrected chi connectivity index (χ1v) is 7.20. The van der Waals surface area contributed by atoms with Gasteiger partial charge in [-0.15, -0.1) is 0 Å². The van der Waals surface area contributed by atoms with E-state index in [2.05, 4.69) is 47.8 Å². The fourth-order valence-corrected chi connectivity index (χ4v) is 2.13. The van der Waals surface area contributed by atoms with Crippen LogP contribution in [0.2, 0.25) is 0 Å². The summed E-state index contributed by atoms with van der Waals surface area (Å²) >= 11 is 0. The zero-order valence-electron chi connectivity index (χ0n) is 12.2. The maximum atomic E-state index is 4.61. The molecule has 0 aromatic carbocycles. The van der Waals surface area contributed by atoms with Crippen molar-refractivity contribution in [3.05, 3.63) is 11.6 Å². The summed E-state index contributed by atoms with van der Waals surface area (Å²) in [5.41, 5.74) is 0.227. The van der Waals surface area contributed by atoms with Crippen LogP contribution in [0.4, 0.5) is 0 Å². The van der Waals surface area contributed by atoms with Crippen molar-refractivity contribution in [2.75, 3.05) is 6.54 Å². The molecule has 1 fully saturated rings. The Morgan fingerprint density at radius 2 is 2.00 bits per heavy atom. The van der Waals surface area contributed by atoms with E-state index in [9.17, 15) is 0 Å². The second-order valence-corrected chi connectivity index (χ2v) is 6.13. The summed E-state index contributed by atoms with van der Waals surface area (Å²) < 4.78 is 2.10. The molecule has 1 aliphatic carbocycles. The lowest BCUT2D eigenvalue weighted by molar-refractivity contribution is 0.271. The van der Waals surface area contributed by atoms with Gasteiger partial charge in [-0.2, -0.15) is 5.10 Å². The summed E-state index contributed by atoms with van der Waals surface area (Å²) in [7, 11) is 0. The molecule has 1 aromatic heterocycles. The SMILES string of the molecule is CCc1nc(CC)n(CC(C)(C)CNC2CC2)n1. The topological polar surface area (TPSA) is 42.7 Å². The number of rotatable bonds is 7. The normalized spacial score (nSPS) is 16.2. The van der Waals surface area contributed by atoms with Crippen LogP contribution in [0.3, 0.4) is 0 Å². The molecule has 0 atom stereocenters. The molecular weight excluding hydrogens is 224 g/mol. The van der Waals surface area contributed by atoms with E-state index >= 15 is 0 Å². The first-order valence-electron chi connectivity index (χ1n) is 7.20. The van der Waals surface area contributed by atoms with Crippen LogP contribution in [0.1, 0.15) is 52.2 Å². The third-order valence-corrected chi connectivity index (χ3v) is 3.45. The van der Waals surface area contributed by atoms with Gasteiger partial charge in [0.15, 0.2) is 5.82 Å². The lowest BCUT2D eigenvalue weighted by atomic mass is 9.93. The molecule has 2 rings (SSSR count). The number of aromatic nitrogens is 3. The van der Waals surface area contributed by atoms with Crippen LogP contribution >= 0.6 is 0 Å². The van der Waals surface area contributed by atoms with Gasteiger partial charge in [0.25, 0.3) is 0 Å². The van der Waals surface area contributed by atoms with Crippen LogP contribution < -0.4 is 5.32 Å². The van der Waals surface area contributed by atoms with Crippen molar-refractivity contribution in [3.63, 3.8) is 0 Å². The highest BCUT2D eigenvalue weighted by molar-refractivity contribution is 4.94. The van der Waals surface area contributed by atoms with E-state index in [1.54, 1.807) is 0 Å². The van der Waals surface area contributed by atoms with E-state index in [0.29, 0.717) is 0 Å². The Morgan fingerprint density at radius 1 is 1.28 bits per heavy atom. The molecule has 1 heterocycles. The van der Waals surface area contributed by atoms with Crippen molar-refractivity contribution >= 4 is 0 Å². The minimum atomic E-state index is 0.227. The molecule has 1 N–H and O–H groups in total. The van der Waals surface area contributed by atoms with Gasteiger partial charge in [0.2, 0.25) is 0 Å². The molecule has 1 aliphatic rings. The molecule has 1 aromatic rings. The summed E-state index contributed by atoms with van der Waals surface area (Å²) in [6, 6.07) is 0.775. The van der Waals surface area contributed by atoms with Crippen LogP contribution in [0.25, 0.3) is 0 Å². The van der Waals surface area contributed by atoms with Crippen molar-refractivity contribution < 1.29 is 0 Å². The van der Waals surface area contributed by atoms with Crippen molar-refractivity contribution in [3.8, 4) is 0 Å². The molecule has 4 heteroatoms. The molecule has 0 radical (unpaired) electrons. The highest BCUT2D eigenvalue weighted by atomic mass is 15.3. The number of hydrogen-bond donors (Lipinski definition) is 1. The standard InChI is InChI=1S/C14H26N4/c1-5-12-16-13(6-2)18(17-12)10-14(3,4)9-15-11-7-8-11/h11,15H,5-10H2,1-4H3. The maximum absolute atomic E-state index is 4.61. The molecule has 4 nitrogen and oxygen atoms in total. The van der Waals surface area contributed by atoms with Crippen LogP contribution in [-0.4, -0.2) is 27.4 Å². The third kappa shape index (κ3) is 3.55. The van der Waals surface area contributed by atoms with Gasteiger partial charge in [0, 0.05) is 32.0 Å². The number of nitrogens with zero attached hydrogens (tertiary/aromatic N) is 3. The largest absolute Gasteiger partial charge is 0.313 e. The van der Waals surface area contributed by atoms with E-state index < -0.39 is 0 Å². The number of hydrogen-bond acceptors (Lipinski definition) is 3. The Bertz CT molecular complexity index is 390. The van der Waals surface area contributed by atoms with Crippen molar-refractivity contribution in [1.82, 2.24) is 20.1 Å². The van der Waals surface area contributed by atoms with Gasteiger partial charge in [-0.1, -0.05) is 27.7 Å². The van der Waals surface area contributed by atoms with Crippen molar-refractivity contribution in [2.24, 2.45) is 5.41 Å². The van der Waals surface area contributed by atoms with Crippen LogP contribution in [0.5, 0.6) is 0 Å². The molecule has 0 saturated heterocycles. The summed E-state index contributed by atoms with van der Waals surface area (Å²) in [5.74, 6) is 2.09. The van der Waals surface area contributed by atoms with Crippen molar-refractivity contribution in [2.45, 2.75) is 66.0 Å². The molecule has 0 unspecified atom stereocenters. The monoisotopic (exact) mass is 250 g/mol. The van der Waals surface area contributed by atoms with Gasteiger partial charge in [-0.3, -0.25) is 0 Å². The summed E-state index contributed by atoms with van der Waals surface area (Å²) in [5, 5.41) is 8.22. The van der Waals surface area contributed by atoms with Gasteiger partial charge in [0.05, 0.1) is 0 Å². The molecule has 0 spiro atoms. The lowest BCUT2D eigenvalue weighted by Crippen LogP contribution is -2.34. The Balaban J connectivity index is 1.98. The molecule has 18 heavy (non-hydrogen) atoms. The zero-order valence-corrected chi connectivity index (χ0v) is 12.2. The summed E-state index contributed by atoms with van der Waals surface area (Å²) in [6.45, 7) is 10.9. The van der Waals surface area contributed by atoms with Crippen molar-refractivity contribution in [1.29, 1.82) is 0 Å². The average molecular weight is 250 g/mol. The lowest BCUT2D eigenvalue weighted by Gasteiger charge is -2.25. The molecule has 102 valence electrons. The van der Waals surface area contributed by atoms with Crippen LogP contribution in [0, 0.1) is 5.41 Å². The zero-order chi connectivity index (χ0) is 13.2. The first-order chi connectivity index (χ1) is 8.54.